The number of aromatic nitrogens is 3. The summed E-state index contributed by atoms with van der Waals surface area (Å²) in [6.07, 6.45) is 3.84. The summed E-state index contributed by atoms with van der Waals surface area (Å²) >= 11 is 0. The first-order chi connectivity index (χ1) is 12.7. The quantitative estimate of drug-likeness (QED) is 0.668. The SMILES string of the molecule is Cc1nc(NCCNC(=O)c2ccc(C#N)cc2)cc(-n2cccc2)n1. The Morgan fingerprint density at radius 1 is 1.15 bits per heavy atom. The first-order valence-electron chi connectivity index (χ1n) is 8.17. The highest BCUT2D eigenvalue weighted by Gasteiger charge is 2.06. The minimum absolute atomic E-state index is 0.178. The molecule has 0 fully saturated rings. The van der Waals surface area contributed by atoms with Crippen LogP contribution in [0.3, 0.4) is 0 Å². The fraction of sp³-hybridized carbons (Fsp3) is 0.158. The van der Waals surface area contributed by atoms with Crippen LogP contribution >= 0.6 is 0 Å². The van der Waals surface area contributed by atoms with Crippen LogP contribution in [-0.4, -0.2) is 33.5 Å². The van der Waals surface area contributed by atoms with Gasteiger partial charge in [-0.3, -0.25) is 4.79 Å². The second-order valence-corrected chi connectivity index (χ2v) is 5.62. The van der Waals surface area contributed by atoms with Crippen LogP contribution in [0.4, 0.5) is 5.82 Å². The van der Waals surface area contributed by atoms with E-state index >= 15 is 0 Å². The Morgan fingerprint density at radius 3 is 2.58 bits per heavy atom. The van der Waals surface area contributed by atoms with Crippen molar-refractivity contribution < 1.29 is 4.79 Å². The van der Waals surface area contributed by atoms with Crippen molar-refractivity contribution in [3.8, 4) is 11.9 Å². The van der Waals surface area contributed by atoms with E-state index in [1.54, 1.807) is 24.3 Å². The van der Waals surface area contributed by atoms with Gasteiger partial charge in [-0.2, -0.15) is 5.26 Å². The Morgan fingerprint density at radius 2 is 1.88 bits per heavy atom. The summed E-state index contributed by atoms with van der Waals surface area (Å²) in [5, 5.41) is 14.8. The number of aryl methyl sites for hydroxylation is 1. The van der Waals surface area contributed by atoms with Crippen LogP contribution in [0, 0.1) is 18.3 Å². The first kappa shape index (κ1) is 17.2. The molecule has 2 N–H and O–H groups in total. The summed E-state index contributed by atoms with van der Waals surface area (Å²) in [4.78, 5) is 20.8. The maximum Gasteiger partial charge on any atom is 0.251 e. The lowest BCUT2D eigenvalue weighted by Gasteiger charge is -2.10. The van der Waals surface area contributed by atoms with Gasteiger partial charge in [0.25, 0.3) is 5.91 Å². The molecule has 0 radical (unpaired) electrons. The second kappa shape index (κ2) is 7.94. The summed E-state index contributed by atoms with van der Waals surface area (Å²) in [6, 6.07) is 14.3. The molecule has 0 unspecified atom stereocenters. The Kier molecular flexibility index (Phi) is 5.25. The highest BCUT2D eigenvalue weighted by Crippen LogP contribution is 2.11. The third-order valence-corrected chi connectivity index (χ3v) is 3.69. The summed E-state index contributed by atoms with van der Waals surface area (Å²) < 4.78 is 1.91. The third-order valence-electron chi connectivity index (χ3n) is 3.69. The van der Waals surface area contributed by atoms with Crippen LogP contribution in [0.1, 0.15) is 21.7 Å². The van der Waals surface area contributed by atoms with E-state index in [-0.39, 0.29) is 5.91 Å². The van der Waals surface area contributed by atoms with E-state index in [1.165, 1.54) is 0 Å². The number of nitriles is 1. The zero-order valence-corrected chi connectivity index (χ0v) is 14.3. The smallest absolute Gasteiger partial charge is 0.251 e. The second-order valence-electron chi connectivity index (χ2n) is 5.62. The van der Waals surface area contributed by atoms with Crippen molar-refractivity contribution in [1.29, 1.82) is 5.26 Å². The summed E-state index contributed by atoms with van der Waals surface area (Å²) in [7, 11) is 0. The minimum atomic E-state index is -0.178. The zero-order valence-electron chi connectivity index (χ0n) is 14.3. The number of benzene rings is 1. The molecule has 0 bridgehead atoms. The summed E-state index contributed by atoms with van der Waals surface area (Å²) in [6.45, 7) is 2.81. The molecule has 3 aromatic rings. The maximum atomic E-state index is 12.1. The lowest BCUT2D eigenvalue weighted by molar-refractivity contribution is 0.0955. The van der Waals surface area contributed by atoms with Crippen LogP contribution in [0.2, 0.25) is 0 Å². The molecule has 0 saturated carbocycles. The van der Waals surface area contributed by atoms with E-state index in [4.69, 9.17) is 5.26 Å². The van der Waals surface area contributed by atoms with Gasteiger partial charge in [0.05, 0.1) is 11.6 Å². The number of anilines is 1. The molecule has 0 atom stereocenters. The number of hydrogen-bond donors (Lipinski definition) is 2. The predicted octanol–water partition coefficient (Wildman–Crippen LogP) is 2.29. The van der Waals surface area contributed by atoms with Gasteiger partial charge < -0.3 is 15.2 Å². The fourth-order valence-corrected chi connectivity index (χ4v) is 2.43. The van der Waals surface area contributed by atoms with E-state index in [0.717, 1.165) is 5.82 Å². The molecule has 0 aliphatic rings. The van der Waals surface area contributed by atoms with Crippen molar-refractivity contribution in [2.45, 2.75) is 6.92 Å². The lowest BCUT2D eigenvalue weighted by Crippen LogP contribution is -2.29. The highest BCUT2D eigenvalue weighted by atomic mass is 16.1. The number of rotatable bonds is 6. The van der Waals surface area contributed by atoms with Gasteiger partial charge in [0, 0.05) is 37.1 Å². The molecule has 0 aliphatic carbocycles. The van der Waals surface area contributed by atoms with Gasteiger partial charge in [-0.25, -0.2) is 9.97 Å². The average molecular weight is 346 g/mol. The van der Waals surface area contributed by atoms with E-state index in [0.29, 0.717) is 35.9 Å². The van der Waals surface area contributed by atoms with Gasteiger partial charge in [0.2, 0.25) is 0 Å². The van der Waals surface area contributed by atoms with Crippen molar-refractivity contribution in [1.82, 2.24) is 19.9 Å². The van der Waals surface area contributed by atoms with Crippen molar-refractivity contribution in [3.05, 3.63) is 71.8 Å². The zero-order chi connectivity index (χ0) is 18.4. The largest absolute Gasteiger partial charge is 0.368 e. The van der Waals surface area contributed by atoms with Gasteiger partial charge >= 0.3 is 0 Å². The van der Waals surface area contributed by atoms with Crippen LogP contribution in [0.5, 0.6) is 0 Å². The molecule has 3 rings (SSSR count). The van der Waals surface area contributed by atoms with E-state index in [1.807, 2.05) is 48.2 Å². The topological polar surface area (TPSA) is 95.6 Å². The summed E-state index contributed by atoms with van der Waals surface area (Å²) in [5.41, 5.74) is 1.05. The van der Waals surface area contributed by atoms with E-state index in [2.05, 4.69) is 20.6 Å². The van der Waals surface area contributed by atoms with Crippen molar-refractivity contribution in [2.75, 3.05) is 18.4 Å². The molecule has 1 amide bonds. The number of nitrogens with one attached hydrogen (secondary N) is 2. The maximum absolute atomic E-state index is 12.1. The molecule has 0 saturated heterocycles. The van der Waals surface area contributed by atoms with Gasteiger partial charge in [-0.15, -0.1) is 0 Å². The predicted molar refractivity (Wildman–Crippen MR) is 98.1 cm³/mol. The molecule has 2 heterocycles. The van der Waals surface area contributed by atoms with E-state index in [9.17, 15) is 4.79 Å². The Balaban J connectivity index is 1.53. The number of amides is 1. The van der Waals surface area contributed by atoms with Crippen molar-refractivity contribution >= 4 is 11.7 Å². The summed E-state index contributed by atoms with van der Waals surface area (Å²) in [5.74, 6) is 1.98. The molecular formula is C19H18N6O. The first-order valence-corrected chi connectivity index (χ1v) is 8.17. The monoisotopic (exact) mass is 346 g/mol. The van der Waals surface area contributed by atoms with Crippen LogP contribution in [0.25, 0.3) is 5.82 Å². The van der Waals surface area contributed by atoms with Crippen LogP contribution in [0.15, 0.2) is 54.9 Å². The van der Waals surface area contributed by atoms with Crippen LogP contribution in [-0.2, 0) is 0 Å². The molecule has 130 valence electrons. The van der Waals surface area contributed by atoms with E-state index < -0.39 is 0 Å². The molecule has 1 aromatic carbocycles. The molecule has 0 aliphatic heterocycles. The molecule has 7 nitrogen and oxygen atoms in total. The molecule has 26 heavy (non-hydrogen) atoms. The van der Waals surface area contributed by atoms with Gasteiger partial charge in [0.1, 0.15) is 17.5 Å². The van der Waals surface area contributed by atoms with Gasteiger partial charge in [-0.1, -0.05) is 0 Å². The standard InChI is InChI=1S/C19H18N6O/c1-14-23-17(12-18(24-14)25-10-2-3-11-25)21-8-9-22-19(26)16-6-4-15(13-20)5-7-16/h2-7,10-12H,8-9H2,1H3,(H,22,26)(H,21,23,24). The fourth-order valence-electron chi connectivity index (χ4n) is 2.43. The number of carbonyl (C=O) groups is 1. The molecule has 2 aromatic heterocycles. The van der Waals surface area contributed by atoms with Gasteiger partial charge in [0.15, 0.2) is 0 Å². The lowest BCUT2D eigenvalue weighted by atomic mass is 10.1. The molecule has 7 heteroatoms. The van der Waals surface area contributed by atoms with Crippen molar-refractivity contribution in [2.24, 2.45) is 0 Å². The number of carbonyl (C=O) groups excluding carboxylic acids is 1. The Hall–Kier alpha value is -3.66. The average Bonchev–Trinajstić information content (AvgIpc) is 3.19. The normalized spacial score (nSPS) is 10.2. The van der Waals surface area contributed by atoms with Crippen LogP contribution < -0.4 is 10.6 Å². The third kappa shape index (κ3) is 4.24. The highest BCUT2D eigenvalue weighted by molar-refractivity contribution is 5.94. The number of nitrogens with zero attached hydrogens (tertiary/aromatic N) is 4. The van der Waals surface area contributed by atoms with Gasteiger partial charge in [-0.05, 0) is 43.3 Å². The number of hydrogen-bond acceptors (Lipinski definition) is 5. The Labute approximate surface area is 151 Å². The molecule has 0 spiro atoms. The Bertz CT molecular complexity index is 926. The molecular weight excluding hydrogens is 328 g/mol. The van der Waals surface area contributed by atoms with Crippen molar-refractivity contribution in [3.63, 3.8) is 0 Å². The minimum Gasteiger partial charge on any atom is -0.368 e.